The SMILES string of the molecule is COc1ccc(C(O)C(=O)NC2(C(N)=O)CCCCCC2)cc1. The molecule has 23 heavy (non-hydrogen) atoms. The molecule has 2 amide bonds. The normalized spacial score (nSPS) is 18.5. The minimum atomic E-state index is -1.35. The summed E-state index contributed by atoms with van der Waals surface area (Å²) in [5, 5.41) is 12.9. The van der Waals surface area contributed by atoms with Crippen LogP contribution in [-0.2, 0) is 9.59 Å². The number of primary amides is 1. The fourth-order valence-electron chi connectivity index (χ4n) is 3.01. The van der Waals surface area contributed by atoms with E-state index in [1.54, 1.807) is 31.4 Å². The minimum absolute atomic E-state index is 0.441. The smallest absolute Gasteiger partial charge is 0.254 e. The number of nitrogens with one attached hydrogen (secondary N) is 1. The van der Waals surface area contributed by atoms with Gasteiger partial charge in [0.15, 0.2) is 6.10 Å². The molecule has 0 heterocycles. The van der Waals surface area contributed by atoms with Crippen molar-refractivity contribution in [3.63, 3.8) is 0 Å². The largest absolute Gasteiger partial charge is 0.497 e. The summed E-state index contributed by atoms with van der Waals surface area (Å²) in [7, 11) is 1.54. The van der Waals surface area contributed by atoms with Crippen LogP contribution in [0.1, 0.15) is 50.2 Å². The summed E-state index contributed by atoms with van der Waals surface area (Å²) in [6.07, 6.45) is 3.40. The van der Waals surface area contributed by atoms with Gasteiger partial charge in [-0.3, -0.25) is 9.59 Å². The van der Waals surface area contributed by atoms with Crippen LogP contribution in [-0.4, -0.2) is 29.6 Å². The first-order valence-electron chi connectivity index (χ1n) is 7.92. The third kappa shape index (κ3) is 4.01. The maximum atomic E-state index is 12.4. The number of amides is 2. The van der Waals surface area contributed by atoms with E-state index in [2.05, 4.69) is 5.32 Å². The molecule has 0 saturated heterocycles. The molecule has 0 spiro atoms. The van der Waals surface area contributed by atoms with Crippen LogP contribution in [0, 0.1) is 0 Å². The van der Waals surface area contributed by atoms with E-state index in [9.17, 15) is 14.7 Å². The van der Waals surface area contributed by atoms with Crippen molar-refractivity contribution < 1.29 is 19.4 Å². The summed E-state index contributed by atoms with van der Waals surface area (Å²) in [5.41, 5.74) is 4.93. The monoisotopic (exact) mass is 320 g/mol. The Morgan fingerprint density at radius 2 is 1.74 bits per heavy atom. The van der Waals surface area contributed by atoms with Crippen LogP contribution < -0.4 is 15.8 Å². The van der Waals surface area contributed by atoms with Crippen molar-refractivity contribution in [2.75, 3.05) is 7.11 Å². The number of carbonyl (C=O) groups excluding carboxylic acids is 2. The summed E-state index contributed by atoms with van der Waals surface area (Å²) in [6.45, 7) is 0. The van der Waals surface area contributed by atoms with Gasteiger partial charge in [0.05, 0.1) is 7.11 Å². The molecular formula is C17H24N2O4. The number of aliphatic hydroxyl groups is 1. The average molecular weight is 320 g/mol. The van der Waals surface area contributed by atoms with Crippen LogP contribution >= 0.6 is 0 Å². The maximum absolute atomic E-state index is 12.4. The molecule has 2 rings (SSSR count). The van der Waals surface area contributed by atoms with E-state index in [0.717, 1.165) is 25.7 Å². The highest BCUT2D eigenvalue weighted by molar-refractivity contribution is 5.92. The molecular weight excluding hydrogens is 296 g/mol. The van der Waals surface area contributed by atoms with Crippen LogP contribution in [0.3, 0.4) is 0 Å². The highest BCUT2D eigenvalue weighted by Gasteiger charge is 2.39. The summed E-state index contributed by atoms with van der Waals surface area (Å²) in [4.78, 5) is 24.3. The number of carbonyl (C=O) groups is 2. The molecule has 1 unspecified atom stereocenters. The van der Waals surface area contributed by atoms with Crippen LogP contribution in [0.25, 0.3) is 0 Å². The Hall–Kier alpha value is -2.08. The van der Waals surface area contributed by atoms with Gasteiger partial charge >= 0.3 is 0 Å². The Morgan fingerprint density at radius 3 is 2.22 bits per heavy atom. The van der Waals surface area contributed by atoms with E-state index >= 15 is 0 Å². The number of hydrogen-bond donors (Lipinski definition) is 3. The van der Waals surface area contributed by atoms with E-state index in [1.165, 1.54) is 0 Å². The van der Waals surface area contributed by atoms with Gasteiger partial charge < -0.3 is 20.9 Å². The first kappa shape index (κ1) is 17.3. The zero-order valence-corrected chi connectivity index (χ0v) is 13.4. The summed E-state index contributed by atoms with van der Waals surface area (Å²) in [5.74, 6) is -0.496. The highest BCUT2D eigenvalue weighted by atomic mass is 16.5. The third-order valence-electron chi connectivity index (χ3n) is 4.47. The minimum Gasteiger partial charge on any atom is -0.497 e. The Labute approximate surface area is 136 Å². The molecule has 6 nitrogen and oxygen atoms in total. The number of benzene rings is 1. The number of aliphatic hydroxyl groups excluding tert-OH is 1. The van der Waals surface area contributed by atoms with Gasteiger partial charge in [-0.1, -0.05) is 37.8 Å². The fraction of sp³-hybridized carbons (Fsp3) is 0.529. The number of ether oxygens (including phenoxy) is 1. The van der Waals surface area contributed by atoms with Gasteiger partial charge in [-0.15, -0.1) is 0 Å². The molecule has 0 aliphatic heterocycles. The van der Waals surface area contributed by atoms with Crippen molar-refractivity contribution in [3.8, 4) is 5.75 Å². The first-order valence-corrected chi connectivity index (χ1v) is 7.92. The lowest BCUT2D eigenvalue weighted by atomic mass is 9.88. The lowest BCUT2D eigenvalue weighted by Gasteiger charge is -2.31. The van der Waals surface area contributed by atoms with Crippen molar-refractivity contribution >= 4 is 11.8 Å². The van der Waals surface area contributed by atoms with E-state index in [0.29, 0.717) is 24.2 Å². The lowest BCUT2D eigenvalue weighted by molar-refractivity contribution is -0.137. The molecule has 6 heteroatoms. The van der Waals surface area contributed by atoms with E-state index in [4.69, 9.17) is 10.5 Å². The van der Waals surface area contributed by atoms with Crippen LogP contribution in [0.15, 0.2) is 24.3 Å². The Kier molecular flexibility index (Phi) is 5.60. The standard InChI is InChI=1S/C17H24N2O4/c1-23-13-8-6-12(7-9-13)14(20)15(21)19-17(16(18)22)10-4-2-3-5-11-17/h6-9,14,20H,2-5,10-11H2,1H3,(H2,18,22)(H,19,21). The second-order valence-electron chi connectivity index (χ2n) is 6.03. The lowest BCUT2D eigenvalue weighted by Crippen LogP contribution is -2.58. The maximum Gasteiger partial charge on any atom is 0.254 e. The Bertz CT molecular complexity index is 548. The molecule has 0 bridgehead atoms. The molecule has 1 fully saturated rings. The Morgan fingerprint density at radius 1 is 1.17 bits per heavy atom. The zero-order valence-electron chi connectivity index (χ0n) is 13.4. The number of hydrogen-bond acceptors (Lipinski definition) is 4. The van der Waals surface area contributed by atoms with Gasteiger partial charge in [-0.05, 0) is 30.5 Å². The predicted molar refractivity (Wildman–Crippen MR) is 85.7 cm³/mol. The van der Waals surface area contributed by atoms with Gasteiger partial charge in [-0.2, -0.15) is 0 Å². The first-order chi connectivity index (χ1) is 11.0. The molecule has 1 saturated carbocycles. The van der Waals surface area contributed by atoms with E-state index in [-0.39, 0.29) is 0 Å². The quantitative estimate of drug-likeness (QED) is 0.714. The van der Waals surface area contributed by atoms with Crippen LogP contribution in [0.4, 0.5) is 0 Å². The third-order valence-corrected chi connectivity index (χ3v) is 4.47. The number of methoxy groups -OCH3 is 1. The van der Waals surface area contributed by atoms with E-state index < -0.39 is 23.5 Å². The molecule has 1 aromatic carbocycles. The zero-order chi connectivity index (χ0) is 16.9. The molecule has 1 aromatic rings. The second-order valence-corrected chi connectivity index (χ2v) is 6.03. The van der Waals surface area contributed by atoms with Gasteiger partial charge in [0.25, 0.3) is 5.91 Å². The van der Waals surface area contributed by atoms with Crippen molar-refractivity contribution in [1.82, 2.24) is 5.32 Å². The molecule has 1 aliphatic rings. The summed E-state index contributed by atoms with van der Waals surface area (Å²) >= 11 is 0. The predicted octanol–water partition coefficient (Wildman–Crippen LogP) is 1.42. The van der Waals surface area contributed by atoms with Crippen molar-refractivity contribution in [2.45, 2.75) is 50.2 Å². The summed E-state index contributed by atoms with van der Waals surface area (Å²) < 4.78 is 5.05. The van der Waals surface area contributed by atoms with Crippen molar-refractivity contribution in [2.24, 2.45) is 5.73 Å². The highest BCUT2D eigenvalue weighted by Crippen LogP contribution is 2.28. The van der Waals surface area contributed by atoms with Crippen LogP contribution in [0.5, 0.6) is 5.75 Å². The average Bonchev–Trinajstić information content (AvgIpc) is 2.80. The van der Waals surface area contributed by atoms with Crippen molar-refractivity contribution in [3.05, 3.63) is 29.8 Å². The van der Waals surface area contributed by atoms with Gasteiger partial charge in [0.2, 0.25) is 5.91 Å². The molecule has 4 N–H and O–H groups in total. The number of nitrogens with two attached hydrogens (primary N) is 1. The molecule has 0 radical (unpaired) electrons. The molecule has 126 valence electrons. The van der Waals surface area contributed by atoms with Gasteiger partial charge in [0.1, 0.15) is 11.3 Å². The van der Waals surface area contributed by atoms with Crippen LogP contribution in [0.2, 0.25) is 0 Å². The molecule has 1 aliphatic carbocycles. The Balaban J connectivity index is 2.12. The van der Waals surface area contributed by atoms with E-state index in [1.807, 2.05) is 0 Å². The summed E-state index contributed by atoms with van der Waals surface area (Å²) in [6, 6.07) is 6.57. The molecule has 0 aromatic heterocycles. The van der Waals surface area contributed by atoms with Gasteiger partial charge in [-0.25, -0.2) is 0 Å². The van der Waals surface area contributed by atoms with Gasteiger partial charge in [0, 0.05) is 0 Å². The van der Waals surface area contributed by atoms with Crippen molar-refractivity contribution in [1.29, 1.82) is 0 Å². The molecule has 1 atom stereocenters. The topological polar surface area (TPSA) is 102 Å². The fourth-order valence-corrected chi connectivity index (χ4v) is 3.01. The number of rotatable bonds is 5. The second kappa shape index (κ2) is 7.46.